The van der Waals surface area contributed by atoms with Gasteiger partial charge in [0.25, 0.3) is 0 Å². The van der Waals surface area contributed by atoms with Crippen molar-refractivity contribution in [3.8, 4) is 0 Å². The number of rotatable bonds is 3. The van der Waals surface area contributed by atoms with E-state index >= 15 is 0 Å². The molecule has 0 fully saturated rings. The molecule has 10 heteroatoms. The number of aromatic nitrogens is 1. The van der Waals surface area contributed by atoms with Crippen LogP contribution in [0.15, 0.2) is 27.9 Å². The lowest BCUT2D eigenvalue weighted by atomic mass is 10.2. The molecule has 0 aliphatic heterocycles. The van der Waals surface area contributed by atoms with E-state index in [0.29, 0.717) is 16.6 Å². The van der Waals surface area contributed by atoms with Gasteiger partial charge in [-0.25, -0.2) is 16.8 Å². The number of carbonyl (C=O) groups excluding carboxylic acids is 1. The lowest BCUT2D eigenvalue weighted by Crippen LogP contribution is -2.17. The number of Topliss-reactive ketones (excluding diaryl/α,β-unsaturated/α-hetero) is 1. The smallest absolute Gasteiger partial charge is 0.208 e. The molecule has 1 aromatic carbocycles. The van der Waals surface area contributed by atoms with Crippen molar-refractivity contribution in [3.05, 3.63) is 37.7 Å². The number of hydrogen-bond donors (Lipinski definition) is 1. The summed E-state index contributed by atoms with van der Waals surface area (Å²) in [5.41, 5.74) is 0.601. The summed E-state index contributed by atoms with van der Waals surface area (Å²) < 4.78 is 44.5. The molecule has 0 atom stereocenters. The number of nitrogens with one attached hydrogen (secondary N) is 1. The Morgan fingerprint density at radius 1 is 1.16 bits per heavy atom. The van der Waals surface area contributed by atoms with Crippen LogP contribution in [0.2, 0.25) is 0 Å². The molecule has 2 rings (SSSR count). The standard InChI is InChI=1S/C11H10INO3S.C4H8O3S/c1-6-11(17(2,15)16)10(14)8-5-7(12)3-4-9(8)13-6;1-4(5)3-8(2,6)7/h3-5H,1-2H3,(H,13,14);3H2,1-2H3. The number of sulfone groups is 2. The van der Waals surface area contributed by atoms with Crippen molar-refractivity contribution in [1.29, 1.82) is 0 Å². The van der Waals surface area contributed by atoms with Crippen LogP contribution in [-0.4, -0.2) is 45.9 Å². The summed E-state index contributed by atoms with van der Waals surface area (Å²) in [4.78, 5) is 25.0. The minimum atomic E-state index is -3.51. The molecule has 1 heterocycles. The van der Waals surface area contributed by atoms with Gasteiger partial charge in [0.2, 0.25) is 5.43 Å². The van der Waals surface area contributed by atoms with Crippen molar-refractivity contribution in [2.24, 2.45) is 0 Å². The van der Waals surface area contributed by atoms with Gasteiger partial charge in [0.1, 0.15) is 16.4 Å². The van der Waals surface area contributed by atoms with E-state index in [1.54, 1.807) is 19.1 Å². The first-order valence-corrected chi connectivity index (χ1v) is 11.9. The van der Waals surface area contributed by atoms with Crippen molar-refractivity contribution in [3.63, 3.8) is 0 Å². The quantitative estimate of drug-likeness (QED) is 0.640. The molecule has 2 aromatic rings. The first-order valence-electron chi connectivity index (χ1n) is 6.91. The summed E-state index contributed by atoms with van der Waals surface area (Å²) in [6.45, 7) is 2.84. The second kappa shape index (κ2) is 7.96. The average Bonchev–Trinajstić information content (AvgIpc) is 2.36. The topological polar surface area (TPSA) is 118 Å². The fraction of sp³-hybridized carbons (Fsp3) is 0.333. The number of halogens is 1. The maximum absolute atomic E-state index is 12.1. The van der Waals surface area contributed by atoms with E-state index in [9.17, 15) is 26.4 Å². The Balaban J connectivity index is 0.000000333. The Bertz CT molecular complexity index is 1080. The maximum Gasteiger partial charge on any atom is 0.208 e. The van der Waals surface area contributed by atoms with Crippen LogP contribution < -0.4 is 5.43 Å². The van der Waals surface area contributed by atoms with Crippen LogP contribution in [0.3, 0.4) is 0 Å². The third-order valence-electron chi connectivity index (χ3n) is 2.93. The zero-order valence-electron chi connectivity index (χ0n) is 14.1. The molecule has 0 spiro atoms. The van der Waals surface area contributed by atoms with E-state index in [4.69, 9.17) is 0 Å². The Morgan fingerprint density at radius 3 is 2.12 bits per heavy atom. The number of aromatic amines is 1. The molecule has 7 nitrogen and oxygen atoms in total. The first kappa shape index (κ1) is 21.8. The highest BCUT2D eigenvalue weighted by molar-refractivity contribution is 14.1. The van der Waals surface area contributed by atoms with Crippen molar-refractivity contribution >= 4 is 59.0 Å². The van der Waals surface area contributed by atoms with Crippen LogP contribution in [0.25, 0.3) is 10.9 Å². The van der Waals surface area contributed by atoms with Gasteiger partial charge in [0, 0.05) is 32.7 Å². The first-order chi connectivity index (χ1) is 11.2. The number of hydrogen-bond acceptors (Lipinski definition) is 6. The van der Waals surface area contributed by atoms with Crippen molar-refractivity contribution in [2.45, 2.75) is 18.7 Å². The fourth-order valence-electron chi connectivity index (χ4n) is 2.18. The summed E-state index contributed by atoms with van der Waals surface area (Å²) in [6.07, 6.45) is 2.08. The minimum absolute atomic E-state index is 0.146. The highest BCUT2D eigenvalue weighted by atomic mass is 127. The Kier molecular flexibility index (Phi) is 6.93. The molecule has 0 aliphatic carbocycles. The monoisotopic (exact) mass is 499 g/mol. The lowest BCUT2D eigenvalue weighted by molar-refractivity contribution is -0.114. The Labute approximate surface area is 159 Å². The summed E-state index contributed by atoms with van der Waals surface area (Å²) >= 11 is 2.08. The van der Waals surface area contributed by atoms with Gasteiger partial charge < -0.3 is 4.98 Å². The predicted molar refractivity (Wildman–Crippen MR) is 106 cm³/mol. The van der Waals surface area contributed by atoms with Crippen LogP contribution in [0.5, 0.6) is 0 Å². The fourth-order valence-corrected chi connectivity index (χ4v) is 4.46. The van der Waals surface area contributed by atoms with Crippen LogP contribution in [0.1, 0.15) is 12.6 Å². The van der Waals surface area contributed by atoms with Crippen molar-refractivity contribution in [2.75, 3.05) is 18.3 Å². The Morgan fingerprint density at radius 2 is 1.72 bits per heavy atom. The SMILES string of the molecule is CC(=O)CS(C)(=O)=O.Cc1[nH]c2ccc(I)cc2c(=O)c1S(C)(=O)=O. The number of benzene rings is 1. The van der Waals surface area contributed by atoms with E-state index < -0.39 is 25.1 Å². The molecule has 0 amide bonds. The lowest BCUT2D eigenvalue weighted by Gasteiger charge is -2.06. The molecular weight excluding hydrogens is 481 g/mol. The van der Waals surface area contributed by atoms with Crippen LogP contribution in [0.4, 0.5) is 0 Å². The second-order valence-electron chi connectivity index (χ2n) is 5.64. The minimum Gasteiger partial charge on any atom is -0.357 e. The Hall–Kier alpha value is -1.27. The van der Waals surface area contributed by atoms with E-state index in [1.165, 1.54) is 6.92 Å². The van der Waals surface area contributed by atoms with Gasteiger partial charge in [-0.3, -0.25) is 9.59 Å². The number of H-pyrrole nitrogens is 1. The zero-order chi connectivity index (χ0) is 19.6. The molecule has 25 heavy (non-hydrogen) atoms. The number of fused-ring (bicyclic) bond motifs is 1. The van der Waals surface area contributed by atoms with E-state index in [2.05, 4.69) is 27.6 Å². The number of carbonyl (C=O) groups is 1. The average molecular weight is 499 g/mol. The molecule has 1 N–H and O–H groups in total. The molecule has 0 saturated carbocycles. The summed E-state index contributed by atoms with van der Waals surface area (Å²) in [7, 11) is -6.59. The highest BCUT2D eigenvalue weighted by Gasteiger charge is 2.18. The normalized spacial score (nSPS) is 11.7. The van der Waals surface area contributed by atoms with Gasteiger partial charge in [-0.15, -0.1) is 0 Å². The third-order valence-corrected chi connectivity index (χ3v) is 5.77. The molecule has 0 radical (unpaired) electrons. The van der Waals surface area contributed by atoms with Crippen molar-refractivity contribution in [1.82, 2.24) is 4.98 Å². The highest BCUT2D eigenvalue weighted by Crippen LogP contribution is 2.17. The van der Waals surface area contributed by atoms with Gasteiger partial charge in [-0.05, 0) is 54.6 Å². The van der Waals surface area contributed by atoms with Crippen molar-refractivity contribution < 1.29 is 21.6 Å². The number of pyridine rings is 1. The van der Waals surface area contributed by atoms with E-state index in [0.717, 1.165) is 16.1 Å². The van der Waals surface area contributed by atoms with Gasteiger partial charge in [0.15, 0.2) is 19.7 Å². The largest absolute Gasteiger partial charge is 0.357 e. The molecule has 0 unspecified atom stereocenters. The number of aryl methyl sites for hydroxylation is 1. The second-order valence-corrected chi connectivity index (χ2v) is 11.0. The van der Waals surface area contributed by atoms with Crippen LogP contribution in [0, 0.1) is 10.5 Å². The van der Waals surface area contributed by atoms with Crippen LogP contribution >= 0.6 is 22.6 Å². The summed E-state index contributed by atoms with van der Waals surface area (Å²) in [6, 6.07) is 5.32. The van der Waals surface area contributed by atoms with E-state index in [-0.39, 0.29) is 16.4 Å². The zero-order valence-corrected chi connectivity index (χ0v) is 17.9. The van der Waals surface area contributed by atoms with Gasteiger partial charge >= 0.3 is 0 Å². The summed E-state index contributed by atoms with van der Waals surface area (Å²) in [5, 5.41) is 0.405. The third kappa shape index (κ3) is 6.51. The summed E-state index contributed by atoms with van der Waals surface area (Å²) in [5.74, 6) is -0.653. The van der Waals surface area contributed by atoms with Gasteiger partial charge in [-0.1, -0.05) is 0 Å². The van der Waals surface area contributed by atoms with Gasteiger partial charge in [0.05, 0.1) is 0 Å². The van der Waals surface area contributed by atoms with Gasteiger partial charge in [-0.2, -0.15) is 0 Å². The molecule has 1 aromatic heterocycles. The van der Waals surface area contributed by atoms with E-state index in [1.807, 2.05) is 6.07 Å². The molecular formula is C15H18INO6S2. The molecule has 0 saturated heterocycles. The predicted octanol–water partition coefficient (Wildman–Crippen LogP) is 1.46. The molecule has 0 bridgehead atoms. The number of ketones is 1. The molecule has 138 valence electrons. The maximum atomic E-state index is 12.1. The molecule has 0 aliphatic rings. The van der Waals surface area contributed by atoms with Crippen LogP contribution in [-0.2, 0) is 24.5 Å².